The zero-order chi connectivity index (χ0) is 21.1. The van der Waals surface area contributed by atoms with E-state index in [0.29, 0.717) is 34.7 Å². The number of amides is 2. The van der Waals surface area contributed by atoms with E-state index in [0.717, 1.165) is 24.8 Å². The van der Waals surface area contributed by atoms with Gasteiger partial charge in [0.25, 0.3) is 0 Å². The van der Waals surface area contributed by atoms with E-state index in [1.54, 1.807) is 19.2 Å². The molecule has 2 amide bonds. The van der Waals surface area contributed by atoms with E-state index in [-0.39, 0.29) is 24.7 Å². The van der Waals surface area contributed by atoms with Crippen LogP contribution in [-0.2, 0) is 13.2 Å². The van der Waals surface area contributed by atoms with Gasteiger partial charge in [0.1, 0.15) is 12.4 Å². The maximum Gasteiger partial charge on any atom is 0.315 e. The summed E-state index contributed by atoms with van der Waals surface area (Å²) < 4.78 is 25.2. The smallest absolute Gasteiger partial charge is 0.315 e. The molecule has 0 spiro atoms. The Balaban J connectivity index is 1.35. The Kier molecular flexibility index (Phi) is 6.29. The van der Waals surface area contributed by atoms with Gasteiger partial charge in [-0.3, -0.25) is 0 Å². The summed E-state index contributed by atoms with van der Waals surface area (Å²) in [4.78, 5) is 11.5. The lowest BCUT2D eigenvalue weighted by atomic mass is 9.88. The molecule has 1 aliphatic carbocycles. The molecule has 0 radical (unpaired) electrons. The Morgan fingerprint density at radius 1 is 1.17 bits per heavy atom. The molecule has 2 fully saturated rings. The predicted molar refractivity (Wildman–Crippen MR) is 112 cm³/mol. The van der Waals surface area contributed by atoms with Crippen LogP contribution >= 0.6 is 11.6 Å². The van der Waals surface area contributed by atoms with Gasteiger partial charge in [0.2, 0.25) is 0 Å². The summed E-state index contributed by atoms with van der Waals surface area (Å²) in [7, 11) is 1.58. The summed E-state index contributed by atoms with van der Waals surface area (Å²) in [6, 6.07) is 11.0. The van der Waals surface area contributed by atoms with Crippen LogP contribution in [0.4, 0.5) is 9.18 Å². The van der Waals surface area contributed by atoms with Crippen LogP contribution in [0.2, 0.25) is 5.02 Å². The first-order valence-corrected chi connectivity index (χ1v) is 10.4. The number of rotatable bonds is 7. The van der Waals surface area contributed by atoms with Gasteiger partial charge >= 0.3 is 6.03 Å². The number of ether oxygens (including phenoxy) is 2. The summed E-state index contributed by atoms with van der Waals surface area (Å²) in [5.74, 6) is 0.712. The molecule has 3 atom stereocenters. The topological polar surface area (TPSA) is 71.6 Å². The summed E-state index contributed by atoms with van der Waals surface area (Å²) in [5.41, 5.74) is 1.37. The predicted octanol–water partition coefficient (Wildman–Crippen LogP) is 3.76. The molecule has 160 valence electrons. The fourth-order valence-electron chi connectivity index (χ4n) is 4.09. The van der Waals surface area contributed by atoms with Crippen molar-refractivity contribution in [1.82, 2.24) is 16.0 Å². The molecule has 4 rings (SSSR count). The third-order valence-electron chi connectivity index (χ3n) is 5.74. The molecule has 1 heterocycles. The number of fused-ring (bicyclic) bond motifs is 1. The highest BCUT2D eigenvalue weighted by atomic mass is 35.5. The quantitative estimate of drug-likeness (QED) is 0.621. The van der Waals surface area contributed by atoms with Crippen LogP contribution in [-0.4, -0.2) is 31.3 Å². The third kappa shape index (κ3) is 4.63. The number of halogens is 2. The lowest BCUT2D eigenvalue weighted by Crippen LogP contribution is -2.46. The van der Waals surface area contributed by atoms with Gasteiger partial charge in [0.05, 0.1) is 24.2 Å². The summed E-state index contributed by atoms with van der Waals surface area (Å²) in [6.07, 6.45) is 2.89. The zero-order valence-corrected chi connectivity index (χ0v) is 17.5. The molecule has 1 aliphatic heterocycles. The third-order valence-corrected chi connectivity index (χ3v) is 6.09. The maximum atomic E-state index is 13.9. The molecule has 2 aromatic rings. The van der Waals surface area contributed by atoms with Crippen molar-refractivity contribution in [2.45, 2.75) is 50.5 Å². The van der Waals surface area contributed by atoms with Crippen LogP contribution in [0.25, 0.3) is 0 Å². The van der Waals surface area contributed by atoms with Gasteiger partial charge in [-0.25, -0.2) is 9.18 Å². The molecule has 1 saturated carbocycles. The van der Waals surface area contributed by atoms with Crippen LogP contribution in [0.5, 0.6) is 11.5 Å². The Morgan fingerprint density at radius 2 is 2.00 bits per heavy atom. The minimum atomic E-state index is -0.398. The monoisotopic (exact) mass is 433 g/mol. The average Bonchev–Trinajstić information content (AvgIpc) is 3.11. The van der Waals surface area contributed by atoms with Crippen LogP contribution in [0.1, 0.15) is 30.4 Å². The molecule has 30 heavy (non-hydrogen) atoms. The molecule has 8 heteroatoms. The van der Waals surface area contributed by atoms with E-state index in [1.165, 1.54) is 6.07 Å². The number of hydrogen-bond donors (Lipinski definition) is 3. The molecule has 0 bridgehead atoms. The highest BCUT2D eigenvalue weighted by Gasteiger charge is 2.36. The number of carbonyl (C=O) groups excluding carboxylic acids is 1. The first-order valence-electron chi connectivity index (χ1n) is 10.1. The molecule has 3 N–H and O–H groups in total. The lowest BCUT2D eigenvalue weighted by molar-refractivity contribution is 0.247. The second-order valence-corrected chi connectivity index (χ2v) is 8.10. The van der Waals surface area contributed by atoms with Gasteiger partial charge in [0, 0.05) is 18.2 Å². The van der Waals surface area contributed by atoms with E-state index in [9.17, 15) is 9.18 Å². The van der Waals surface area contributed by atoms with Crippen molar-refractivity contribution in [2.24, 2.45) is 0 Å². The van der Waals surface area contributed by atoms with Crippen molar-refractivity contribution < 1.29 is 18.7 Å². The molecule has 2 aromatic carbocycles. The molecule has 0 aromatic heterocycles. The molecule has 2 aliphatic rings. The highest BCUT2D eigenvalue weighted by molar-refractivity contribution is 6.31. The van der Waals surface area contributed by atoms with Crippen LogP contribution < -0.4 is 25.4 Å². The number of urea groups is 1. The fraction of sp³-hybridized carbons (Fsp3) is 0.409. The van der Waals surface area contributed by atoms with Gasteiger partial charge in [-0.05, 0) is 49.1 Å². The zero-order valence-electron chi connectivity index (χ0n) is 16.7. The fourth-order valence-corrected chi connectivity index (χ4v) is 4.31. The van der Waals surface area contributed by atoms with Gasteiger partial charge in [-0.15, -0.1) is 0 Å². The van der Waals surface area contributed by atoms with Crippen molar-refractivity contribution in [3.8, 4) is 11.5 Å². The SMILES string of the molecule is COc1cc(CNC2CCC3NC(=O)NC3C2)ccc1OCc1c(F)cccc1Cl. The van der Waals surface area contributed by atoms with Crippen LogP contribution in [0, 0.1) is 5.82 Å². The molecule has 1 saturated heterocycles. The van der Waals surface area contributed by atoms with E-state index in [4.69, 9.17) is 21.1 Å². The first-order chi connectivity index (χ1) is 14.5. The van der Waals surface area contributed by atoms with Gasteiger partial charge in [-0.2, -0.15) is 0 Å². The first kappa shape index (κ1) is 20.8. The Hall–Kier alpha value is -2.51. The van der Waals surface area contributed by atoms with Crippen molar-refractivity contribution in [3.05, 3.63) is 58.4 Å². The minimum absolute atomic E-state index is 0.0177. The van der Waals surface area contributed by atoms with Gasteiger partial charge < -0.3 is 25.4 Å². The van der Waals surface area contributed by atoms with E-state index < -0.39 is 5.82 Å². The average molecular weight is 434 g/mol. The number of nitrogens with one attached hydrogen (secondary N) is 3. The molecule has 3 unspecified atom stereocenters. The van der Waals surface area contributed by atoms with Gasteiger partial charge in [-0.1, -0.05) is 23.7 Å². The van der Waals surface area contributed by atoms with E-state index in [2.05, 4.69) is 16.0 Å². The van der Waals surface area contributed by atoms with Crippen molar-refractivity contribution in [2.75, 3.05) is 7.11 Å². The number of benzene rings is 2. The normalized spacial score (nSPS) is 22.8. The van der Waals surface area contributed by atoms with Crippen molar-refractivity contribution >= 4 is 17.6 Å². The summed E-state index contributed by atoms with van der Waals surface area (Å²) >= 11 is 6.06. The largest absolute Gasteiger partial charge is 0.493 e. The molecular formula is C22H25ClFN3O3. The summed E-state index contributed by atoms with van der Waals surface area (Å²) in [6.45, 7) is 0.697. The second kappa shape index (κ2) is 9.10. The Labute approximate surface area is 180 Å². The van der Waals surface area contributed by atoms with Crippen LogP contribution in [0.15, 0.2) is 36.4 Å². The lowest BCUT2D eigenvalue weighted by Gasteiger charge is -2.31. The number of hydrogen-bond acceptors (Lipinski definition) is 4. The Morgan fingerprint density at radius 3 is 2.80 bits per heavy atom. The number of carbonyl (C=O) groups is 1. The van der Waals surface area contributed by atoms with Crippen molar-refractivity contribution in [1.29, 1.82) is 0 Å². The van der Waals surface area contributed by atoms with Gasteiger partial charge in [0.15, 0.2) is 11.5 Å². The second-order valence-electron chi connectivity index (χ2n) is 7.70. The van der Waals surface area contributed by atoms with Crippen molar-refractivity contribution in [3.63, 3.8) is 0 Å². The van der Waals surface area contributed by atoms with E-state index >= 15 is 0 Å². The number of methoxy groups -OCH3 is 1. The standard InChI is InChI=1S/C22H25ClFN3O3/c1-29-21-9-13(11-25-14-6-7-18-19(10-14)27-22(28)26-18)5-8-20(21)30-12-15-16(23)3-2-4-17(15)24/h2-5,8-9,14,18-19,25H,6-7,10-12H2,1H3,(H2,26,27,28). The maximum absolute atomic E-state index is 13.9. The minimum Gasteiger partial charge on any atom is -0.493 e. The van der Waals surface area contributed by atoms with Crippen LogP contribution in [0.3, 0.4) is 0 Å². The molecular weight excluding hydrogens is 409 g/mol. The van der Waals surface area contributed by atoms with E-state index in [1.807, 2.05) is 18.2 Å². The summed E-state index contributed by atoms with van der Waals surface area (Å²) in [5, 5.41) is 9.84. The Bertz CT molecular complexity index is 906. The highest BCUT2D eigenvalue weighted by Crippen LogP contribution is 2.30. The molecule has 6 nitrogen and oxygen atoms in total.